The van der Waals surface area contributed by atoms with E-state index in [0.717, 1.165) is 5.56 Å². The molecule has 0 spiro atoms. The van der Waals surface area contributed by atoms with Gasteiger partial charge in [-0.1, -0.05) is 74.0 Å². The zero-order valence-corrected chi connectivity index (χ0v) is 29.2. The van der Waals surface area contributed by atoms with E-state index >= 15 is 0 Å². The number of carbonyl (C=O) groups excluding carboxylic acids is 4. The molecule has 3 rings (SSSR count). The Labute approximate surface area is 305 Å². The van der Waals surface area contributed by atoms with Crippen LogP contribution in [0.15, 0.2) is 72.8 Å². The Morgan fingerprint density at radius 1 is 0.792 bits per heavy atom. The first-order valence-electron chi connectivity index (χ1n) is 15.6. The van der Waals surface area contributed by atoms with E-state index in [1.165, 1.54) is 45.2 Å². The fourth-order valence-electron chi connectivity index (χ4n) is 4.62. The molecule has 3 aromatic carbocycles. The number of hydrogen-bond acceptors (Lipinski definition) is 7. The SMILES string of the molecule is COc1ccc(C(NC(=O)C(Cc2cccc(Cl)c2)NC(=O)Cc2ccc(CN)cc2)C(=O)NC(C(=O)C(F)(F)F)C(C)C)cc1.O=C(O)C(F)(F)F. The highest BCUT2D eigenvalue weighted by Crippen LogP contribution is 2.24. The number of alkyl halides is 6. The van der Waals surface area contributed by atoms with Crippen LogP contribution in [0.1, 0.15) is 42.1 Å². The maximum Gasteiger partial charge on any atom is 0.490 e. The molecule has 0 saturated heterocycles. The molecule has 0 radical (unpaired) electrons. The number of rotatable bonds is 14. The first kappa shape index (κ1) is 44.0. The van der Waals surface area contributed by atoms with Gasteiger partial charge in [0, 0.05) is 18.0 Å². The first-order chi connectivity index (χ1) is 24.7. The molecule has 0 bridgehead atoms. The third-order valence-corrected chi connectivity index (χ3v) is 7.61. The predicted molar refractivity (Wildman–Crippen MR) is 181 cm³/mol. The van der Waals surface area contributed by atoms with Gasteiger partial charge < -0.3 is 31.5 Å². The number of carboxylic acid groups (broad SMARTS) is 1. The van der Waals surface area contributed by atoms with E-state index in [2.05, 4.69) is 16.0 Å². The lowest BCUT2D eigenvalue weighted by Crippen LogP contribution is -2.55. The summed E-state index contributed by atoms with van der Waals surface area (Å²) in [6, 6.07) is 14.9. The Bertz CT molecular complexity index is 1720. The van der Waals surface area contributed by atoms with Crippen LogP contribution in [-0.2, 0) is 43.4 Å². The molecule has 0 saturated carbocycles. The fourth-order valence-corrected chi connectivity index (χ4v) is 4.83. The number of Topliss-reactive ketones (excluding diaryl/α,β-unsaturated/α-hetero) is 1. The summed E-state index contributed by atoms with van der Waals surface area (Å²) in [4.78, 5) is 61.5. The van der Waals surface area contributed by atoms with Gasteiger partial charge in [-0.3, -0.25) is 19.2 Å². The highest BCUT2D eigenvalue weighted by atomic mass is 35.5. The minimum absolute atomic E-state index is 0.0254. The normalized spacial score (nSPS) is 13.1. The number of nitrogens with two attached hydrogens (primary N) is 1. The van der Waals surface area contributed by atoms with E-state index in [-0.39, 0.29) is 18.4 Å². The largest absolute Gasteiger partial charge is 0.497 e. The molecule has 288 valence electrons. The molecular weight excluding hydrogens is 738 g/mol. The predicted octanol–water partition coefficient (Wildman–Crippen LogP) is 4.84. The molecule has 0 aromatic heterocycles. The van der Waals surface area contributed by atoms with E-state index < -0.39 is 65.9 Å². The number of halogens is 7. The van der Waals surface area contributed by atoms with Crippen molar-refractivity contribution < 1.29 is 60.2 Å². The van der Waals surface area contributed by atoms with Gasteiger partial charge in [0.15, 0.2) is 0 Å². The van der Waals surface area contributed by atoms with Crippen molar-refractivity contribution in [2.75, 3.05) is 7.11 Å². The van der Waals surface area contributed by atoms with Crippen molar-refractivity contribution in [2.45, 2.75) is 63.7 Å². The summed E-state index contributed by atoms with van der Waals surface area (Å²) in [6.45, 7) is 3.05. The van der Waals surface area contributed by atoms with Gasteiger partial charge in [-0.25, -0.2) is 4.79 Å². The van der Waals surface area contributed by atoms with Crippen LogP contribution < -0.4 is 26.4 Å². The van der Waals surface area contributed by atoms with Crippen LogP contribution in [0.3, 0.4) is 0 Å². The van der Waals surface area contributed by atoms with Crippen LogP contribution in [0.2, 0.25) is 5.02 Å². The molecule has 0 aliphatic carbocycles. The number of ketones is 1. The number of benzene rings is 3. The number of carboxylic acids is 1. The van der Waals surface area contributed by atoms with Crippen molar-refractivity contribution in [3.8, 4) is 5.75 Å². The van der Waals surface area contributed by atoms with E-state index in [9.17, 15) is 45.5 Å². The molecule has 0 heterocycles. The molecule has 53 heavy (non-hydrogen) atoms. The number of carbonyl (C=O) groups is 5. The summed E-state index contributed by atoms with van der Waals surface area (Å²) in [7, 11) is 1.42. The van der Waals surface area contributed by atoms with Crippen molar-refractivity contribution in [3.05, 3.63) is 100 Å². The highest BCUT2D eigenvalue weighted by Gasteiger charge is 2.45. The van der Waals surface area contributed by atoms with Gasteiger partial charge in [-0.2, -0.15) is 26.3 Å². The van der Waals surface area contributed by atoms with Crippen molar-refractivity contribution in [1.82, 2.24) is 16.0 Å². The Morgan fingerprint density at radius 2 is 1.36 bits per heavy atom. The Hall–Kier alpha value is -5.16. The van der Waals surface area contributed by atoms with Gasteiger partial charge in [0.1, 0.15) is 17.8 Å². The number of nitrogens with one attached hydrogen (secondary N) is 3. The first-order valence-corrected chi connectivity index (χ1v) is 16.0. The average Bonchev–Trinajstić information content (AvgIpc) is 3.08. The van der Waals surface area contributed by atoms with Crippen molar-refractivity contribution in [1.29, 1.82) is 0 Å². The summed E-state index contributed by atoms with van der Waals surface area (Å²) in [6.07, 6.45) is -10.4. The van der Waals surface area contributed by atoms with Crippen LogP contribution in [0.25, 0.3) is 0 Å². The summed E-state index contributed by atoms with van der Waals surface area (Å²) in [5.74, 6) is -7.72. The zero-order valence-electron chi connectivity index (χ0n) is 28.5. The van der Waals surface area contributed by atoms with Gasteiger partial charge in [0.2, 0.25) is 17.7 Å². The lowest BCUT2D eigenvalue weighted by Gasteiger charge is -2.27. The molecule has 0 aliphatic rings. The minimum atomic E-state index is -5.20. The second kappa shape index (κ2) is 19.6. The molecule has 0 fully saturated rings. The Balaban J connectivity index is 0.00000126. The van der Waals surface area contributed by atoms with Crippen molar-refractivity contribution in [2.24, 2.45) is 11.7 Å². The van der Waals surface area contributed by atoms with Gasteiger partial charge in [-0.15, -0.1) is 0 Å². The molecule has 11 nitrogen and oxygen atoms in total. The van der Waals surface area contributed by atoms with Crippen LogP contribution in [0.4, 0.5) is 26.3 Å². The summed E-state index contributed by atoms with van der Waals surface area (Å²) in [5.41, 5.74) is 7.98. The second-order valence-corrected chi connectivity index (χ2v) is 12.2. The monoisotopic (exact) mass is 774 g/mol. The third kappa shape index (κ3) is 14.4. The van der Waals surface area contributed by atoms with Gasteiger partial charge in [0.25, 0.3) is 5.78 Å². The average molecular weight is 775 g/mol. The quantitative estimate of drug-likeness (QED) is 0.145. The molecular formula is C35H37ClF6N4O7. The third-order valence-electron chi connectivity index (χ3n) is 7.37. The lowest BCUT2D eigenvalue weighted by molar-refractivity contribution is -0.192. The smallest absolute Gasteiger partial charge is 0.490 e. The van der Waals surface area contributed by atoms with Crippen molar-refractivity contribution >= 4 is 41.1 Å². The number of methoxy groups -OCH3 is 1. The van der Waals surface area contributed by atoms with Gasteiger partial charge >= 0.3 is 18.3 Å². The van der Waals surface area contributed by atoms with Crippen molar-refractivity contribution in [3.63, 3.8) is 0 Å². The number of amides is 3. The fraction of sp³-hybridized carbons (Fsp3) is 0.343. The molecule has 0 aliphatic heterocycles. The molecule has 3 unspecified atom stereocenters. The number of aliphatic carboxylic acids is 1. The topological polar surface area (TPSA) is 177 Å². The van der Waals surface area contributed by atoms with E-state index in [1.54, 1.807) is 48.5 Å². The zero-order chi connectivity index (χ0) is 40.1. The highest BCUT2D eigenvalue weighted by molar-refractivity contribution is 6.30. The lowest BCUT2D eigenvalue weighted by atomic mass is 9.97. The molecule has 3 amide bonds. The Kier molecular flexibility index (Phi) is 16.3. The maximum absolute atomic E-state index is 13.8. The van der Waals surface area contributed by atoms with Crippen LogP contribution in [0, 0.1) is 5.92 Å². The van der Waals surface area contributed by atoms with Gasteiger partial charge in [-0.05, 0) is 52.4 Å². The summed E-state index contributed by atoms with van der Waals surface area (Å²) < 4.78 is 76.9. The Morgan fingerprint density at radius 3 is 1.83 bits per heavy atom. The van der Waals surface area contributed by atoms with E-state index in [4.69, 9.17) is 32.0 Å². The van der Waals surface area contributed by atoms with Crippen LogP contribution in [0.5, 0.6) is 5.75 Å². The summed E-state index contributed by atoms with van der Waals surface area (Å²) >= 11 is 6.14. The molecule has 3 atom stereocenters. The maximum atomic E-state index is 13.8. The molecule has 6 N–H and O–H groups in total. The van der Waals surface area contributed by atoms with Crippen LogP contribution >= 0.6 is 11.6 Å². The molecule has 18 heteroatoms. The van der Waals surface area contributed by atoms with E-state index in [0.29, 0.717) is 28.4 Å². The van der Waals surface area contributed by atoms with Crippen LogP contribution in [-0.4, -0.2) is 66.1 Å². The number of hydrogen-bond donors (Lipinski definition) is 5. The standard InChI is InChI=1S/C33H36ClF3N4O5.C2HF3O2/c1-19(2)28(30(43)33(35,36)37)40-32(45)29(23-11-13-25(46-3)14-12-23)41-31(44)26(16-22-5-4-6-24(34)15-22)39-27(42)17-20-7-9-21(18-38)10-8-20;3-2(4,5)1(6)7/h4-15,19,26,28-29H,16-18,38H2,1-3H3,(H,39,42)(H,40,45)(H,41,44);(H,6,7). The summed E-state index contributed by atoms with van der Waals surface area (Å²) in [5, 5.41) is 15.0. The van der Waals surface area contributed by atoms with Gasteiger partial charge in [0.05, 0.1) is 19.6 Å². The number of ether oxygens (including phenoxy) is 1. The van der Waals surface area contributed by atoms with E-state index in [1.807, 2.05) is 0 Å². The minimum Gasteiger partial charge on any atom is -0.497 e. The molecule has 3 aromatic rings. The second-order valence-electron chi connectivity index (χ2n) is 11.8.